The van der Waals surface area contributed by atoms with E-state index in [1.54, 1.807) is 18.2 Å². The molecular formula is C16H24ClN3O. The van der Waals surface area contributed by atoms with Gasteiger partial charge in [0.05, 0.1) is 17.3 Å². The largest absolute Gasteiger partial charge is 0.399 e. The van der Waals surface area contributed by atoms with E-state index in [0.29, 0.717) is 28.4 Å². The average Bonchev–Trinajstić information content (AvgIpc) is 2.45. The number of nitrogens with one attached hydrogen (secondary N) is 1. The Kier molecular flexibility index (Phi) is 5.12. The van der Waals surface area contributed by atoms with E-state index in [1.165, 1.54) is 6.42 Å². The molecule has 3 N–H and O–H groups in total. The summed E-state index contributed by atoms with van der Waals surface area (Å²) in [5.74, 6) is -0.0261. The molecule has 0 spiro atoms. The Labute approximate surface area is 131 Å². The Morgan fingerprint density at radius 1 is 1.43 bits per heavy atom. The van der Waals surface area contributed by atoms with Crippen LogP contribution in [-0.2, 0) is 4.79 Å². The van der Waals surface area contributed by atoms with E-state index in [2.05, 4.69) is 24.1 Å². The molecule has 0 radical (unpaired) electrons. The number of nitrogens with two attached hydrogens (primary N) is 1. The molecule has 5 heteroatoms. The van der Waals surface area contributed by atoms with Crippen molar-refractivity contribution in [2.45, 2.75) is 33.1 Å². The van der Waals surface area contributed by atoms with Crippen LogP contribution in [0.15, 0.2) is 18.2 Å². The van der Waals surface area contributed by atoms with Crippen LogP contribution in [0.4, 0.5) is 11.4 Å². The van der Waals surface area contributed by atoms with Crippen molar-refractivity contribution in [2.24, 2.45) is 5.41 Å². The number of carbonyl (C=O) groups excluding carboxylic acids is 1. The number of carbonyl (C=O) groups is 1. The molecule has 1 heterocycles. The molecule has 116 valence electrons. The van der Waals surface area contributed by atoms with E-state index in [1.807, 2.05) is 0 Å². The van der Waals surface area contributed by atoms with Gasteiger partial charge >= 0.3 is 0 Å². The van der Waals surface area contributed by atoms with Crippen LogP contribution in [0.2, 0.25) is 5.02 Å². The number of halogens is 1. The maximum Gasteiger partial charge on any atom is 0.238 e. The molecule has 4 nitrogen and oxygen atoms in total. The van der Waals surface area contributed by atoms with E-state index in [-0.39, 0.29) is 5.91 Å². The Morgan fingerprint density at radius 3 is 2.67 bits per heavy atom. The van der Waals surface area contributed by atoms with Crippen molar-refractivity contribution in [1.29, 1.82) is 0 Å². The van der Waals surface area contributed by atoms with Gasteiger partial charge in [-0.25, -0.2) is 0 Å². The minimum absolute atomic E-state index is 0.0261. The van der Waals surface area contributed by atoms with Gasteiger partial charge in [-0.05, 0) is 49.5 Å². The van der Waals surface area contributed by atoms with Gasteiger partial charge in [0, 0.05) is 5.69 Å². The lowest BCUT2D eigenvalue weighted by molar-refractivity contribution is -0.117. The normalized spacial score (nSPS) is 18.4. The SMILES string of the molecule is CCC1(C)CCN(CC(=O)Nc2ccc(N)cc2Cl)CC1. The van der Waals surface area contributed by atoms with Crippen molar-refractivity contribution in [2.75, 3.05) is 30.7 Å². The second-order valence-electron chi connectivity index (χ2n) is 6.23. The number of likely N-dealkylation sites (tertiary alicyclic amines) is 1. The number of benzene rings is 1. The van der Waals surface area contributed by atoms with Crippen LogP contribution in [0.1, 0.15) is 33.1 Å². The fraction of sp³-hybridized carbons (Fsp3) is 0.562. The highest BCUT2D eigenvalue weighted by Gasteiger charge is 2.28. The summed E-state index contributed by atoms with van der Waals surface area (Å²) in [5.41, 5.74) is 7.29. The highest BCUT2D eigenvalue weighted by atomic mass is 35.5. The van der Waals surface area contributed by atoms with Crippen LogP contribution in [0.3, 0.4) is 0 Å². The van der Waals surface area contributed by atoms with Crippen LogP contribution in [0.25, 0.3) is 0 Å². The summed E-state index contributed by atoms with van der Waals surface area (Å²) in [4.78, 5) is 14.3. The van der Waals surface area contributed by atoms with E-state index in [4.69, 9.17) is 17.3 Å². The lowest BCUT2D eigenvalue weighted by Crippen LogP contribution is -2.42. The predicted octanol–water partition coefficient (Wildman–Crippen LogP) is 3.37. The highest BCUT2D eigenvalue weighted by Crippen LogP contribution is 2.33. The van der Waals surface area contributed by atoms with E-state index in [0.717, 1.165) is 25.9 Å². The first-order valence-corrected chi connectivity index (χ1v) is 7.87. The fourth-order valence-electron chi connectivity index (χ4n) is 2.63. The number of hydrogen-bond acceptors (Lipinski definition) is 3. The zero-order valence-electron chi connectivity index (χ0n) is 12.8. The smallest absolute Gasteiger partial charge is 0.238 e. The van der Waals surface area contributed by atoms with Crippen molar-refractivity contribution >= 4 is 28.9 Å². The molecule has 0 atom stereocenters. The third kappa shape index (κ3) is 4.35. The van der Waals surface area contributed by atoms with Gasteiger partial charge in [-0.3, -0.25) is 9.69 Å². The maximum atomic E-state index is 12.1. The maximum absolute atomic E-state index is 12.1. The molecule has 0 saturated carbocycles. The molecule has 21 heavy (non-hydrogen) atoms. The molecule has 0 unspecified atom stereocenters. The Balaban J connectivity index is 1.85. The average molecular weight is 310 g/mol. The summed E-state index contributed by atoms with van der Waals surface area (Å²) in [6.45, 7) is 6.95. The molecule has 1 aliphatic rings. The van der Waals surface area contributed by atoms with Crippen LogP contribution >= 0.6 is 11.6 Å². The molecular weight excluding hydrogens is 286 g/mol. The zero-order chi connectivity index (χ0) is 15.5. The van der Waals surface area contributed by atoms with Crippen molar-refractivity contribution in [3.63, 3.8) is 0 Å². The molecule has 1 aliphatic heterocycles. The van der Waals surface area contributed by atoms with Crippen LogP contribution in [0, 0.1) is 5.41 Å². The molecule has 1 aromatic rings. The van der Waals surface area contributed by atoms with Crippen molar-refractivity contribution in [3.8, 4) is 0 Å². The molecule has 1 saturated heterocycles. The Morgan fingerprint density at radius 2 is 2.10 bits per heavy atom. The Hall–Kier alpha value is -1.26. The second-order valence-corrected chi connectivity index (χ2v) is 6.64. The molecule has 0 bridgehead atoms. The van der Waals surface area contributed by atoms with Crippen LogP contribution in [-0.4, -0.2) is 30.4 Å². The number of nitrogens with zero attached hydrogens (tertiary/aromatic N) is 1. The van der Waals surface area contributed by atoms with Gasteiger partial charge < -0.3 is 11.1 Å². The number of piperidine rings is 1. The van der Waals surface area contributed by atoms with Crippen molar-refractivity contribution in [1.82, 2.24) is 4.90 Å². The quantitative estimate of drug-likeness (QED) is 0.838. The van der Waals surface area contributed by atoms with Gasteiger partial charge in [0.25, 0.3) is 0 Å². The van der Waals surface area contributed by atoms with E-state index in [9.17, 15) is 4.79 Å². The summed E-state index contributed by atoms with van der Waals surface area (Å²) in [6, 6.07) is 5.11. The topological polar surface area (TPSA) is 58.4 Å². The van der Waals surface area contributed by atoms with Gasteiger partial charge in [-0.2, -0.15) is 0 Å². The number of amides is 1. The highest BCUT2D eigenvalue weighted by molar-refractivity contribution is 6.34. The number of hydrogen-bond donors (Lipinski definition) is 2. The predicted molar refractivity (Wildman–Crippen MR) is 88.6 cm³/mol. The minimum atomic E-state index is -0.0261. The first-order valence-electron chi connectivity index (χ1n) is 7.49. The summed E-state index contributed by atoms with van der Waals surface area (Å²) in [7, 11) is 0. The van der Waals surface area contributed by atoms with Gasteiger partial charge in [-0.15, -0.1) is 0 Å². The summed E-state index contributed by atoms with van der Waals surface area (Å²) < 4.78 is 0. The van der Waals surface area contributed by atoms with E-state index >= 15 is 0 Å². The lowest BCUT2D eigenvalue weighted by atomic mass is 9.78. The number of anilines is 2. The molecule has 0 aliphatic carbocycles. The van der Waals surface area contributed by atoms with Crippen molar-refractivity contribution in [3.05, 3.63) is 23.2 Å². The zero-order valence-corrected chi connectivity index (χ0v) is 13.5. The third-order valence-corrected chi connectivity index (χ3v) is 4.86. The third-order valence-electron chi connectivity index (χ3n) is 4.55. The van der Waals surface area contributed by atoms with Gasteiger partial charge in [0.2, 0.25) is 5.91 Å². The van der Waals surface area contributed by atoms with Gasteiger partial charge in [0.1, 0.15) is 0 Å². The second kappa shape index (κ2) is 6.67. The summed E-state index contributed by atoms with van der Waals surface area (Å²) >= 11 is 6.06. The molecule has 0 aromatic heterocycles. The fourth-order valence-corrected chi connectivity index (χ4v) is 2.87. The van der Waals surface area contributed by atoms with Gasteiger partial charge in [-0.1, -0.05) is 31.9 Å². The van der Waals surface area contributed by atoms with Gasteiger partial charge in [0.15, 0.2) is 0 Å². The monoisotopic (exact) mass is 309 g/mol. The first kappa shape index (κ1) is 16.1. The molecule has 1 aromatic carbocycles. The lowest BCUT2D eigenvalue weighted by Gasteiger charge is -2.38. The Bertz CT molecular complexity index is 510. The number of nitrogen functional groups attached to an aromatic ring is 1. The molecule has 1 fully saturated rings. The molecule has 1 amide bonds. The summed E-state index contributed by atoms with van der Waals surface area (Å²) in [6.07, 6.45) is 3.51. The van der Waals surface area contributed by atoms with Crippen molar-refractivity contribution < 1.29 is 4.79 Å². The standard InChI is InChI=1S/C16H24ClN3O/c1-3-16(2)6-8-20(9-7-16)11-15(21)19-14-5-4-12(18)10-13(14)17/h4-5,10H,3,6-9,11,18H2,1-2H3,(H,19,21). The first-order chi connectivity index (χ1) is 9.92. The molecule has 2 rings (SSSR count). The number of rotatable bonds is 4. The minimum Gasteiger partial charge on any atom is -0.399 e. The van der Waals surface area contributed by atoms with Crippen LogP contribution < -0.4 is 11.1 Å². The van der Waals surface area contributed by atoms with E-state index < -0.39 is 0 Å². The summed E-state index contributed by atoms with van der Waals surface area (Å²) in [5, 5.41) is 3.32. The van der Waals surface area contributed by atoms with Crippen LogP contribution in [0.5, 0.6) is 0 Å².